The van der Waals surface area contributed by atoms with E-state index in [0.29, 0.717) is 24.6 Å². The molecular weight excluding hydrogens is 304 g/mol. The largest absolute Gasteiger partial charge is 0.337 e. The van der Waals surface area contributed by atoms with Gasteiger partial charge in [-0.3, -0.25) is 14.8 Å². The van der Waals surface area contributed by atoms with Crippen molar-refractivity contribution in [2.24, 2.45) is 0 Å². The molecule has 0 N–H and O–H groups in total. The van der Waals surface area contributed by atoms with Crippen molar-refractivity contribution < 1.29 is 4.79 Å². The molecule has 1 saturated heterocycles. The first-order chi connectivity index (χ1) is 11.8. The van der Waals surface area contributed by atoms with Crippen molar-refractivity contribution in [1.29, 1.82) is 0 Å². The van der Waals surface area contributed by atoms with Gasteiger partial charge in [-0.05, 0) is 24.3 Å². The first-order valence-corrected chi connectivity index (χ1v) is 7.83. The number of carbonyl (C=O) groups is 1. The van der Waals surface area contributed by atoms with Gasteiger partial charge in [0.1, 0.15) is 0 Å². The summed E-state index contributed by atoms with van der Waals surface area (Å²) in [5.74, 6) is 0.738. The molecule has 1 aromatic carbocycles. The number of anilines is 1. The van der Waals surface area contributed by atoms with Gasteiger partial charge in [-0.15, -0.1) is 0 Å². The summed E-state index contributed by atoms with van der Waals surface area (Å²) in [6.07, 6.45) is 6.75. The van der Waals surface area contributed by atoms with Crippen LogP contribution in [0.3, 0.4) is 0 Å². The van der Waals surface area contributed by atoms with Crippen LogP contribution in [0.2, 0.25) is 0 Å². The molecule has 0 unspecified atom stereocenters. The minimum Gasteiger partial charge on any atom is -0.337 e. The summed E-state index contributed by atoms with van der Waals surface area (Å²) < 4.78 is 0. The van der Waals surface area contributed by atoms with Crippen LogP contribution in [0.4, 0.5) is 5.95 Å². The minimum atomic E-state index is 0.0242. The van der Waals surface area contributed by atoms with Crippen molar-refractivity contribution in [3.05, 3.63) is 54.6 Å². The molecular formula is C17H16N6O. The third-order valence-electron chi connectivity index (χ3n) is 4.12. The summed E-state index contributed by atoms with van der Waals surface area (Å²) >= 11 is 0. The van der Waals surface area contributed by atoms with Crippen molar-refractivity contribution >= 4 is 22.9 Å². The molecule has 7 heteroatoms. The van der Waals surface area contributed by atoms with Crippen LogP contribution in [0.1, 0.15) is 10.4 Å². The second-order valence-electron chi connectivity index (χ2n) is 5.59. The first kappa shape index (κ1) is 14.5. The maximum absolute atomic E-state index is 12.7. The van der Waals surface area contributed by atoms with Crippen LogP contribution in [0, 0.1) is 0 Å². The van der Waals surface area contributed by atoms with Gasteiger partial charge in [0.25, 0.3) is 5.91 Å². The van der Waals surface area contributed by atoms with Gasteiger partial charge in [-0.25, -0.2) is 9.97 Å². The fourth-order valence-corrected chi connectivity index (χ4v) is 2.84. The summed E-state index contributed by atoms with van der Waals surface area (Å²) in [4.78, 5) is 33.7. The number of hydrogen-bond acceptors (Lipinski definition) is 6. The van der Waals surface area contributed by atoms with Gasteiger partial charge < -0.3 is 9.80 Å². The zero-order valence-electron chi connectivity index (χ0n) is 13.0. The SMILES string of the molecule is O=C(c1ccc2nccnc2c1)N1CCN(c2ncccn2)CC1. The molecule has 1 aliphatic rings. The molecule has 2 aromatic heterocycles. The topological polar surface area (TPSA) is 75.1 Å². The monoisotopic (exact) mass is 320 g/mol. The number of carbonyl (C=O) groups excluding carboxylic acids is 1. The zero-order chi connectivity index (χ0) is 16.4. The smallest absolute Gasteiger partial charge is 0.254 e. The summed E-state index contributed by atoms with van der Waals surface area (Å²) in [6, 6.07) is 7.25. The van der Waals surface area contributed by atoms with E-state index in [2.05, 4.69) is 24.8 Å². The summed E-state index contributed by atoms with van der Waals surface area (Å²) in [6.45, 7) is 2.75. The van der Waals surface area contributed by atoms with Gasteiger partial charge in [-0.1, -0.05) is 0 Å². The average molecular weight is 320 g/mol. The lowest BCUT2D eigenvalue weighted by molar-refractivity contribution is 0.0746. The van der Waals surface area contributed by atoms with Gasteiger partial charge in [0.05, 0.1) is 11.0 Å². The van der Waals surface area contributed by atoms with E-state index in [1.54, 1.807) is 36.9 Å². The normalized spacial score (nSPS) is 14.8. The highest BCUT2D eigenvalue weighted by Crippen LogP contribution is 2.15. The molecule has 7 nitrogen and oxygen atoms in total. The Morgan fingerprint density at radius 1 is 0.833 bits per heavy atom. The maximum Gasteiger partial charge on any atom is 0.254 e. The van der Waals surface area contributed by atoms with E-state index in [-0.39, 0.29) is 5.91 Å². The van der Waals surface area contributed by atoms with Crippen LogP contribution in [-0.4, -0.2) is 56.9 Å². The van der Waals surface area contributed by atoms with E-state index in [9.17, 15) is 4.79 Å². The molecule has 0 radical (unpaired) electrons. The average Bonchev–Trinajstić information content (AvgIpc) is 2.68. The minimum absolute atomic E-state index is 0.0242. The Bertz CT molecular complexity index is 861. The second-order valence-corrected chi connectivity index (χ2v) is 5.59. The van der Waals surface area contributed by atoms with E-state index in [1.165, 1.54) is 0 Å². The number of aromatic nitrogens is 4. The predicted molar refractivity (Wildman–Crippen MR) is 89.7 cm³/mol. The van der Waals surface area contributed by atoms with Crippen molar-refractivity contribution in [1.82, 2.24) is 24.8 Å². The first-order valence-electron chi connectivity index (χ1n) is 7.83. The van der Waals surface area contributed by atoms with Crippen LogP contribution in [0.25, 0.3) is 11.0 Å². The number of rotatable bonds is 2. The number of piperazine rings is 1. The molecule has 1 aliphatic heterocycles. The molecule has 120 valence electrons. The third-order valence-corrected chi connectivity index (χ3v) is 4.12. The molecule has 4 rings (SSSR count). The van der Waals surface area contributed by atoms with Gasteiger partial charge in [0, 0.05) is 56.5 Å². The Hall–Kier alpha value is -3.09. The van der Waals surface area contributed by atoms with Crippen LogP contribution in [0.15, 0.2) is 49.1 Å². The number of nitrogens with zero attached hydrogens (tertiary/aromatic N) is 6. The molecule has 1 amide bonds. The van der Waals surface area contributed by atoms with Crippen molar-refractivity contribution in [2.45, 2.75) is 0 Å². The van der Waals surface area contributed by atoms with Gasteiger partial charge in [0.2, 0.25) is 5.95 Å². The predicted octanol–water partition coefficient (Wildman–Crippen LogP) is 1.38. The molecule has 0 saturated carbocycles. The Morgan fingerprint density at radius 3 is 2.29 bits per heavy atom. The molecule has 0 aliphatic carbocycles. The van der Waals surface area contributed by atoms with Crippen LogP contribution < -0.4 is 4.90 Å². The Kier molecular flexibility index (Phi) is 3.74. The van der Waals surface area contributed by atoms with E-state index in [0.717, 1.165) is 24.1 Å². The lowest BCUT2D eigenvalue weighted by atomic mass is 10.1. The molecule has 0 atom stereocenters. The quantitative estimate of drug-likeness (QED) is 0.710. The fourth-order valence-electron chi connectivity index (χ4n) is 2.84. The van der Waals surface area contributed by atoms with E-state index < -0.39 is 0 Å². The summed E-state index contributed by atoms with van der Waals surface area (Å²) in [7, 11) is 0. The zero-order valence-corrected chi connectivity index (χ0v) is 13.0. The van der Waals surface area contributed by atoms with Gasteiger partial charge >= 0.3 is 0 Å². The molecule has 24 heavy (non-hydrogen) atoms. The van der Waals surface area contributed by atoms with Crippen molar-refractivity contribution in [3.8, 4) is 0 Å². The van der Waals surface area contributed by atoms with Gasteiger partial charge in [-0.2, -0.15) is 0 Å². The lowest BCUT2D eigenvalue weighted by Gasteiger charge is -2.34. The summed E-state index contributed by atoms with van der Waals surface area (Å²) in [5.41, 5.74) is 2.17. The fraction of sp³-hybridized carbons (Fsp3) is 0.235. The highest BCUT2D eigenvalue weighted by molar-refractivity contribution is 5.97. The number of hydrogen-bond donors (Lipinski definition) is 0. The molecule has 0 spiro atoms. The third kappa shape index (κ3) is 2.76. The van der Waals surface area contributed by atoms with E-state index in [4.69, 9.17) is 0 Å². The van der Waals surface area contributed by atoms with Crippen LogP contribution >= 0.6 is 0 Å². The number of fused-ring (bicyclic) bond motifs is 1. The van der Waals surface area contributed by atoms with Crippen LogP contribution in [0.5, 0.6) is 0 Å². The van der Waals surface area contributed by atoms with Crippen LogP contribution in [-0.2, 0) is 0 Å². The second kappa shape index (κ2) is 6.19. The summed E-state index contributed by atoms with van der Waals surface area (Å²) in [5, 5.41) is 0. The number of benzene rings is 1. The lowest BCUT2D eigenvalue weighted by Crippen LogP contribution is -2.49. The van der Waals surface area contributed by atoms with E-state index in [1.807, 2.05) is 17.0 Å². The molecule has 1 fully saturated rings. The van der Waals surface area contributed by atoms with Gasteiger partial charge in [0.15, 0.2) is 0 Å². The Balaban J connectivity index is 1.47. The van der Waals surface area contributed by atoms with Crippen molar-refractivity contribution in [2.75, 3.05) is 31.1 Å². The molecule has 3 heterocycles. The standard InChI is InChI=1S/C17H16N6O/c24-16(13-2-3-14-15(12-13)19-7-6-18-14)22-8-10-23(11-9-22)17-20-4-1-5-21-17/h1-7,12H,8-11H2. The Labute approximate surface area is 139 Å². The van der Waals surface area contributed by atoms with E-state index >= 15 is 0 Å². The maximum atomic E-state index is 12.7. The highest BCUT2D eigenvalue weighted by atomic mass is 16.2. The van der Waals surface area contributed by atoms with Crippen molar-refractivity contribution in [3.63, 3.8) is 0 Å². The molecule has 3 aromatic rings. The molecule has 0 bridgehead atoms. The number of amides is 1. The highest BCUT2D eigenvalue weighted by Gasteiger charge is 2.23. The Morgan fingerprint density at radius 2 is 1.54 bits per heavy atom.